The van der Waals surface area contributed by atoms with Crippen LogP contribution in [0.25, 0.3) is 0 Å². The molecule has 0 atom stereocenters. The standard InChI is InChI=1S/C40H52O7/c1-3-5-6-14-29-43-35-23-19-34(20-24-35)40(42)47-38-21-17-33(18-22-38)32-46-37-27-25-36(26-28-37)44-30-15-12-10-8-7-9-11-13-16-31-45-39(41)4-2/h4,17-28H,2-3,5-16,29-32H2,1H3. The van der Waals surface area contributed by atoms with Gasteiger partial charge in [0.15, 0.2) is 0 Å². The molecule has 0 aromatic heterocycles. The molecule has 3 aromatic carbocycles. The summed E-state index contributed by atoms with van der Waals surface area (Å²) in [7, 11) is 0. The summed E-state index contributed by atoms with van der Waals surface area (Å²) in [5, 5.41) is 0. The number of rotatable bonds is 25. The second kappa shape index (κ2) is 23.1. The van der Waals surface area contributed by atoms with Crippen LogP contribution in [0.5, 0.6) is 23.0 Å². The van der Waals surface area contributed by atoms with Gasteiger partial charge >= 0.3 is 11.9 Å². The first-order valence-electron chi connectivity index (χ1n) is 17.3. The molecule has 0 bridgehead atoms. The third kappa shape index (κ3) is 16.2. The second-order valence-corrected chi connectivity index (χ2v) is 11.6. The molecular formula is C40H52O7. The number of hydrogen-bond acceptors (Lipinski definition) is 7. The van der Waals surface area contributed by atoms with E-state index in [1.165, 1.54) is 63.9 Å². The van der Waals surface area contributed by atoms with Crippen LogP contribution >= 0.6 is 0 Å². The van der Waals surface area contributed by atoms with Crippen molar-refractivity contribution in [3.05, 3.63) is 96.6 Å². The third-order valence-electron chi connectivity index (χ3n) is 7.69. The van der Waals surface area contributed by atoms with Crippen LogP contribution in [0, 0.1) is 0 Å². The molecule has 0 aliphatic carbocycles. The summed E-state index contributed by atoms with van der Waals surface area (Å²) in [6, 6.07) is 22.1. The van der Waals surface area contributed by atoms with Crippen molar-refractivity contribution in [3.8, 4) is 23.0 Å². The molecule has 0 aliphatic rings. The first-order valence-corrected chi connectivity index (χ1v) is 17.3. The van der Waals surface area contributed by atoms with Crippen LogP contribution in [-0.2, 0) is 16.1 Å². The van der Waals surface area contributed by atoms with Gasteiger partial charge in [-0.1, -0.05) is 89.8 Å². The fourth-order valence-electron chi connectivity index (χ4n) is 4.89. The molecule has 0 unspecified atom stereocenters. The lowest BCUT2D eigenvalue weighted by Gasteiger charge is -2.10. The van der Waals surface area contributed by atoms with Crippen LogP contribution in [0.1, 0.15) is 106 Å². The zero-order chi connectivity index (χ0) is 33.4. The molecule has 0 amide bonds. The van der Waals surface area contributed by atoms with Gasteiger partial charge in [0.2, 0.25) is 0 Å². The number of hydrogen-bond donors (Lipinski definition) is 0. The Morgan fingerprint density at radius 1 is 0.553 bits per heavy atom. The fourth-order valence-corrected chi connectivity index (χ4v) is 4.89. The van der Waals surface area contributed by atoms with Crippen molar-refractivity contribution in [1.82, 2.24) is 0 Å². The molecule has 0 saturated carbocycles. The summed E-state index contributed by atoms with van der Waals surface area (Å²) >= 11 is 0. The zero-order valence-electron chi connectivity index (χ0n) is 28.1. The van der Waals surface area contributed by atoms with E-state index in [2.05, 4.69) is 13.5 Å². The molecule has 7 nitrogen and oxygen atoms in total. The average molecular weight is 645 g/mol. The van der Waals surface area contributed by atoms with Crippen molar-refractivity contribution >= 4 is 11.9 Å². The normalized spacial score (nSPS) is 10.7. The maximum atomic E-state index is 12.6. The Morgan fingerprint density at radius 3 is 1.53 bits per heavy atom. The summed E-state index contributed by atoms with van der Waals surface area (Å²) in [6.45, 7) is 7.86. The molecule has 0 heterocycles. The van der Waals surface area contributed by atoms with Crippen LogP contribution in [-0.4, -0.2) is 31.8 Å². The largest absolute Gasteiger partial charge is 0.494 e. The number of unbranched alkanes of at least 4 members (excludes halogenated alkanes) is 11. The van der Waals surface area contributed by atoms with Gasteiger partial charge in [-0.3, -0.25) is 0 Å². The van der Waals surface area contributed by atoms with E-state index in [-0.39, 0.29) is 5.97 Å². The molecule has 0 fully saturated rings. The van der Waals surface area contributed by atoms with Crippen LogP contribution in [0.3, 0.4) is 0 Å². The smallest absolute Gasteiger partial charge is 0.343 e. The Balaban J connectivity index is 1.23. The van der Waals surface area contributed by atoms with E-state index in [0.717, 1.165) is 48.5 Å². The van der Waals surface area contributed by atoms with E-state index in [9.17, 15) is 9.59 Å². The van der Waals surface area contributed by atoms with Crippen LogP contribution < -0.4 is 18.9 Å². The third-order valence-corrected chi connectivity index (χ3v) is 7.69. The minimum atomic E-state index is -0.406. The van der Waals surface area contributed by atoms with E-state index in [1.807, 2.05) is 36.4 Å². The Morgan fingerprint density at radius 2 is 1.00 bits per heavy atom. The highest BCUT2D eigenvalue weighted by molar-refractivity contribution is 5.91. The number of esters is 2. The maximum Gasteiger partial charge on any atom is 0.343 e. The maximum absolute atomic E-state index is 12.6. The van der Waals surface area contributed by atoms with Gasteiger partial charge in [0.25, 0.3) is 0 Å². The number of benzene rings is 3. The first kappa shape index (κ1) is 37.2. The molecule has 3 rings (SSSR count). The summed E-state index contributed by atoms with van der Waals surface area (Å²) in [5.41, 5.74) is 1.45. The lowest BCUT2D eigenvalue weighted by molar-refractivity contribution is -0.137. The van der Waals surface area contributed by atoms with Gasteiger partial charge < -0.3 is 23.7 Å². The van der Waals surface area contributed by atoms with Gasteiger partial charge in [0.1, 0.15) is 29.6 Å². The van der Waals surface area contributed by atoms with E-state index in [4.69, 9.17) is 23.7 Å². The van der Waals surface area contributed by atoms with Crippen LogP contribution in [0.4, 0.5) is 0 Å². The highest BCUT2D eigenvalue weighted by atomic mass is 16.5. The average Bonchev–Trinajstić information content (AvgIpc) is 3.10. The van der Waals surface area contributed by atoms with Crippen molar-refractivity contribution in [1.29, 1.82) is 0 Å². The Bertz CT molecular complexity index is 1280. The summed E-state index contributed by atoms with van der Waals surface area (Å²) in [4.78, 5) is 23.6. The monoisotopic (exact) mass is 644 g/mol. The van der Waals surface area contributed by atoms with Gasteiger partial charge in [0, 0.05) is 6.08 Å². The van der Waals surface area contributed by atoms with Gasteiger partial charge in [-0.05, 0) is 85.5 Å². The molecule has 254 valence electrons. The second-order valence-electron chi connectivity index (χ2n) is 11.6. The van der Waals surface area contributed by atoms with E-state index >= 15 is 0 Å². The van der Waals surface area contributed by atoms with Gasteiger partial charge in [0.05, 0.1) is 25.4 Å². The molecule has 7 heteroatoms. The molecule has 0 saturated heterocycles. The van der Waals surface area contributed by atoms with Crippen molar-refractivity contribution in [3.63, 3.8) is 0 Å². The van der Waals surface area contributed by atoms with Crippen molar-refractivity contribution in [2.24, 2.45) is 0 Å². The minimum absolute atomic E-state index is 0.338. The van der Waals surface area contributed by atoms with Crippen molar-refractivity contribution < 1.29 is 33.3 Å². The SMILES string of the molecule is C=CC(=O)OCCCCCCCCCCCOc1ccc(OCc2ccc(OC(=O)c3ccc(OCCCCCC)cc3)cc2)cc1. The number of ether oxygens (including phenoxy) is 5. The Kier molecular flexibility index (Phi) is 18.3. The van der Waals surface area contributed by atoms with Crippen molar-refractivity contribution in [2.45, 2.75) is 97.0 Å². The van der Waals surface area contributed by atoms with Gasteiger partial charge in [-0.2, -0.15) is 0 Å². The first-order chi connectivity index (χ1) is 23.1. The Hall–Kier alpha value is -4.26. The van der Waals surface area contributed by atoms with E-state index in [1.54, 1.807) is 36.4 Å². The fraction of sp³-hybridized carbons (Fsp3) is 0.450. The predicted octanol–water partition coefficient (Wildman–Crippen LogP) is 10.1. The van der Waals surface area contributed by atoms with E-state index < -0.39 is 5.97 Å². The molecule has 47 heavy (non-hydrogen) atoms. The highest BCUT2D eigenvalue weighted by Gasteiger charge is 2.09. The van der Waals surface area contributed by atoms with Gasteiger partial charge in [-0.15, -0.1) is 0 Å². The molecule has 0 spiro atoms. The quantitative estimate of drug-likeness (QED) is 0.0393. The van der Waals surface area contributed by atoms with E-state index in [0.29, 0.717) is 37.7 Å². The minimum Gasteiger partial charge on any atom is -0.494 e. The summed E-state index contributed by atoms with van der Waals surface area (Å²) < 4.78 is 28.1. The molecule has 0 radical (unpaired) electrons. The predicted molar refractivity (Wildman–Crippen MR) is 186 cm³/mol. The lowest BCUT2D eigenvalue weighted by Crippen LogP contribution is -2.08. The highest BCUT2D eigenvalue weighted by Crippen LogP contribution is 2.21. The molecule has 0 N–H and O–H groups in total. The van der Waals surface area contributed by atoms with Gasteiger partial charge in [-0.25, -0.2) is 9.59 Å². The molecule has 3 aromatic rings. The lowest BCUT2D eigenvalue weighted by atomic mass is 10.1. The molecule has 0 aliphatic heterocycles. The van der Waals surface area contributed by atoms with Crippen LogP contribution in [0.2, 0.25) is 0 Å². The number of carbonyl (C=O) groups is 2. The topological polar surface area (TPSA) is 80.3 Å². The molecular weight excluding hydrogens is 592 g/mol. The summed E-state index contributed by atoms with van der Waals surface area (Å²) in [5.74, 6) is 2.10. The summed E-state index contributed by atoms with van der Waals surface area (Å²) in [6.07, 6.45) is 16.2. The number of carbonyl (C=O) groups excluding carboxylic acids is 2. The zero-order valence-corrected chi connectivity index (χ0v) is 28.1. The Labute approximate surface area is 281 Å². The van der Waals surface area contributed by atoms with Crippen LogP contribution in [0.15, 0.2) is 85.5 Å². The van der Waals surface area contributed by atoms with Crippen molar-refractivity contribution in [2.75, 3.05) is 19.8 Å².